The van der Waals surface area contributed by atoms with Crippen LogP contribution in [0.1, 0.15) is 31.1 Å². The number of benzene rings is 2. The highest BCUT2D eigenvalue weighted by Crippen LogP contribution is 2.33. The van der Waals surface area contributed by atoms with Gasteiger partial charge in [-0.05, 0) is 30.3 Å². The number of carbonyl (C=O) groups is 3. The summed E-state index contributed by atoms with van der Waals surface area (Å²) in [4.78, 5) is 37.9. The number of aliphatic hydroxyl groups excluding tert-OH is 1. The molecule has 2 aromatic carbocycles. The van der Waals surface area contributed by atoms with Gasteiger partial charge in [-0.1, -0.05) is 23.7 Å². The third-order valence-electron chi connectivity index (χ3n) is 3.54. The lowest BCUT2D eigenvalue weighted by Gasteiger charge is -2.15. The predicted octanol–water partition coefficient (Wildman–Crippen LogP) is 2.29. The van der Waals surface area contributed by atoms with Gasteiger partial charge in [0.1, 0.15) is 6.61 Å². The van der Waals surface area contributed by atoms with Crippen molar-refractivity contribution in [1.29, 1.82) is 0 Å². The normalized spacial score (nSPS) is 13.2. The van der Waals surface area contributed by atoms with Gasteiger partial charge >= 0.3 is 5.97 Å². The first-order chi connectivity index (χ1) is 11.5. The highest BCUT2D eigenvalue weighted by atomic mass is 35.5. The quantitative estimate of drug-likeness (QED) is 0.679. The van der Waals surface area contributed by atoms with Gasteiger partial charge in [0.25, 0.3) is 11.8 Å². The minimum Gasteiger partial charge on any atom is -0.460 e. The zero-order valence-electron chi connectivity index (χ0n) is 12.4. The van der Waals surface area contributed by atoms with Crippen LogP contribution in [0.4, 0.5) is 5.69 Å². The predicted molar refractivity (Wildman–Crippen MR) is 86.4 cm³/mol. The van der Waals surface area contributed by atoms with E-state index in [1.54, 1.807) is 24.3 Å². The first-order valence-corrected chi connectivity index (χ1v) is 7.47. The summed E-state index contributed by atoms with van der Waals surface area (Å²) in [5.41, 5.74) is 0.719. The van der Waals surface area contributed by atoms with Crippen LogP contribution in [0.2, 0.25) is 5.02 Å². The van der Waals surface area contributed by atoms with E-state index in [9.17, 15) is 14.4 Å². The van der Waals surface area contributed by atoms with E-state index in [-0.39, 0.29) is 40.6 Å². The molecule has 1 aliphatic rings. The van der Waals surface area contributed by atoms with Crippen molar-refractivity contribution >= 4 is 35.1 Å². The van der Waals surface area contributed by atoms with Crippen LogP contribution in [-0.4, -0.2) is 36.1 Å². The van der Waals surface area contributed by atoms with E-state index in [2.05, 4.69) is 0 Å². The van der Waals surface area contributed by atoms with Gasteiger partial charge in [0.15, 0.2) is 0 Å². The first-order valence-electron chi connectivity index (χ1n) is 7.10. The molecule has 2 aromatic rings. The number of hydrogen-bond acceptors (Lipinski definition) is 5. The topological polar surface area (TPSA) is 83.9 Å². The van der Waals surface area contributed by atoms with Crippen LogP contribution in [0, 0.1) is 0 Å². The van der Waals surface area contributed by atoms with Crippen LogP contribution < -0.4 is 4.90 Å². The Balaban J connectivity index is 1.98. The second-order valence-electron chi connectivity index (χ2n) is 5.02. The Morgan fingerprint density at radius 1 is 1.08 bits per heavy atom. The van der Waals surface area contributed by atoms with E-state index >= 15 is 0 Å². The van der Waals surface area contributed by atoms with Crippen molar-refractivity contribution in [3.8, 4) is 0 Å². The fourth-order valence-electron chi connectivity index (χ4n) is 2.44. The Morgan fingerprint density at radius 2 is 1.79 bits per heavy atom. The van der Waals surface area contributed by atoms with Crippen molar-refractivity contribution in [2.75, 3.05) is 18.1 Å². The molecule has 0 bridgehead atoms. The van der Waals surface area contributed by atoms with Gasteiger partial charge in [0.05, 0.1) is 34.0 Å². The van der Waals surface area contributed by atoms with Gasteiger partial charge in [0, 0.05) is 0 Å². The molecule has 122 valence electrons. The average Bonchev–Trinajstić information content (AvgIpc) is 2.84. The van der Waals surface area contributed by atoms with Gasteiger partial charge in [0.2, 0.25) is 0 Å². The summed E-state index contributed by atoms with van der Waals surface area (Å²) in [7, 11) is 0. The number of rotatable bonds is 4. The maximum absolute atomic E-state index is 12.6. The van der Waals surface area contributed by atoms with Crippen LogP contribution in [0.25, 0.3) is 0 Å². The Labute approximate surface area is 142 Å². The molecule has 0 unspecified atom stereocenters. The number of ether oxygens (including phenoxy) is 1. The molecule has 0 fully saturated rings. The molecular weight excluding hydrogens is 334 g/mol. The van der Waals surface area contributed by atoms with Gasteiger partial charge in [-0.25, -0.2) is 9.69 Å². The van der Waals surface area contributed by atoms with Crippen molar-refractivity contribution in [3.05, 3.63) is 64.2 Å². The number of hydrogen-bond donors (Lipinski definition) is 1. The number of halogens is 1. The van der Waals surface area contributed by atoms with Crippen molar-refractivity contribution in [1.82, 2.24) is 0 Å². The Kier molecular flexibility index (Phi) is 4.33. The lowest BCUT2D eigenvalue weighted by molar-refractivity contribution is 0.0433. The molecule has 6 nitrogen and oxygen atoms in total. The zero-order chi connectivity index (χ0) is 17.3. The van der Waals surface area contributed by atoms with Crippen LogP contribution in [0.3, 0.4) is 0 Å². The maximum Gasteiger partial charge on any atom is 0.338 e. The Bertz CT molecular complexity index is 849. The maximum atomic E-state index is 12.6. The third kappa shape index (κ3) is 2.66. The largest absolute Gasteiger partial charge is 0.460 e. The third-order valence-corrected chi connectivity index (χ3v) is 3.86. The van der Waals surface area contributed by atoms with Crippen molar-refractivity contribution < 1.29 is 24.2 Å². The second-order valence-corrected chi connectivity index (χ2v) is 5.42. The van der Waals surface area contributed by atoms with E-state index < -0.39 is 17.8 Å². The molecule has 0 aromatic heterocycles. The molecule has 0 saturated carbocycles. The summed E-state index contributed by atoms with van der Waals surface area (Å²) in [6.07, 6.45) is 0. The number of imide groups is 1. The van der Waals surface area contributed by atoms with E-state index in [1.165, 1.54) is 18.2 Å². The molecule has 0 atom stereocenters. The number of nitrogens with zero attached hydrogens (tertiary/aromatic N) is 1. The molecule has 24 heavy (non-hydrogen) atoms. The number of aliphatic hydroxyl groups is 1. The zero-order valence-corrected chi connectivity index (χ0v) is 13.1. The SMILES string of the molecule is O=C(OCCO)c1ccc2c(c1)C(=O)N(c1ccccc1Cl)C2=O. The van der Waals surface area contributed by atoms with Crippen LogP contribution in [0.5, 0.6) is 0 Å². The number of anilines is 1. The first kappa shape index (κ1) is 16.2. The fraction of sp³-hybridized carbons (Fsp3) is 0.118. The Morgan fingerprint density at radius 3 is 2.50 bits per heavy atom. The van der Waals surface area contributed by atoms with E-state index in [1.807, 2.05) is 0 Å². The van der Waals surface area contributed by atoms with Crippen molar-refractivity contribution in [3.63, 3.8) is 0 Å². The summed E-state index contributed by atoms with van der Waals surface area (Å²) in [6.45, 7) is -0.442. The molecule has 3 rings (SSSR count). The molecular formula is C17H12ClNO5. The van der Waals surface area contributed by atoms with Crippen molar-refractivity contribution in [2.45, 2.75) is 0 Å². The summed E-state index contributed by atoms with van der Waals surface area (Å²) in [5, 5.41) is 8.96. The summed E-state index contributed by atoms with van der Waals surface area (Å²) >= 11 is 6.07. The van der Waals surface area contributed by atoms with E-state index in [0.717, 1.165) is 4.90 Å². The minimum atomic E-state index is -0.678. The van der Waals surface area contributed by atoms with Gasteiger partial charge in [-0.2, -0.15) is 0 Å². The minimum absolute atomic E-state index is 0.110. The van der Waals surface area contributed by atoms with Crippen molar-refractivity contribution in [2.24, 2.45) is 0 Å². The molecule has 1 N–H and O–H groups in total. The molecule has 0 aliphatic carbocycles. The molecule has 0 saturated heterocycles. The lowest BCUT2D eigenvalue weighted by Crippen LogP contribution is -2.29. The molecule has 2 amide bonds. The highest BCUT2D eigenvalue weighted by Gasteiger charge is 2.38. The molecule has 1 heterocycles. The molecule has 0 radical (unpaired) electrons. The number of para-hydroxylation sites is 1. The smallest absolute Gasteiger partial charge is 0.338 e. The van der Waals surface area contributed by atoms with E-state index in [4.69, 9.17) is 21.4 Å². The summed E-state index contributed by atoms with van der Waals surface area (Å²) in [5.74, 6) is -1.73. The molecule has 0 spiro atoms. The van der Waals surface area contributed by atoms with Crippen LogP contribution in [-0.2, 0) is 4.74 Å². The number of amides is 2. The van der Waals surface area contributed by atoms with Crippen LogP contribution in [0.15, 0.2) is 42.5 Å². The Hall–Kier alpha value is -2.70. The second kappa shape index (κ2) is 6.43. The van der Waals surface area contributed by atoms with Gasteiger partial charge < -0.3 is 9.84 Å². The lowest BCUT2D eigenvalue weighted by atomic mass is 10.1. The van der Waals surface area contributed by atoms with Gasteiger partial charge in [-0.3, -0.25) is 9.59 Å². The summed E-state index contributed by atoms with van der Waals surface area (Å²) in [6, 6.07) is 10.6. The van der Waals surface area contributed by atoms with E-state index in [0.29, 0.717) is 0 Å². The molecule has 7 heteroatoms. The molecule has 1 aliphatic heterocycles. The fourth-order valence-corrected chi connectivity index (χ4v) is 2.66. The standard InChI is InChI=1S/C17H12ClNO5/c18-13-3-1-2-4-14(13)19-15(21)11-6-5-10(9-12(11)16(19)22)17(23)24-8-7-20/h1-6,9,20H,7-8H2. The van der Waals surface area contributed by atoms with Gasteiger partial charge in [-0.15, -0.1) is 0 Å². The average molecular weight is 346 g/mol. The highest BCUT2D eigenvalue weighted by molar-refractivity contribution is 6.39. The summed E-state index contributed by atoms with van der Waals surface area (Å²) < 4.78 is 4.81. The number of esters is 1. The van der Waals surface area contributed by atoms with Crippen LogP contribution >= 0.6 is 11.6 Å². The monoisotopic (exact) mass is 345 g/mol. The number of fused-ring (bicyclic) bond motifs is 1. The number of carbonyl (C=O) groups excluding carboxylic acids is 3.